The van der Waals surface area contributed by atoms with Crippen LogP contribution in [0.25, 0.3) is 0 Å². The molecule has 0 saturated carbocycles. The number of hydrogen-bond donors (Lipinski definition) is 0. The predicted octanol–water partition coefficient (Wildman–Crippen LogP) is 3.91. The van der Waals surface area contributed by atoms with Gasteiger partial charge in [0.2, 0.25) is 0 Å². The lowest BCUT2D eigenvalue weighted by Crippen LogP contribution is -1.87. The molecule has 0 bridgehead atoms. The van der Waals surface area contributed by atoms with E-state index in [1.165, 1.54) is 0 Å². The summed E-state index contributed by atoms with van der Waals surface area (Å²) in [5, 5.41) is 5.13. The number of para-hydroxylation sites is 1. The van der Waals surface area contributed by atoms with Crippen molar-refractivity contribution in [3.05, 3.63) is 59.6 Å². The first-order valence-corrected chi connectivity index (χ1v) is 4.75. The summed E-state index contributed by atoms with van der Waals surface area (Å²) in [6.07, 6.45) is 0. The average molecular weight is 203 g/mol. The van der Waals surface area contributed by atoms with E-state index in [2.05, 4.69) is 5.32 Å². The molecule has 69 valence electrons. The molecule has 2 aromatic carbocycles. The highest BCUT2D eigenvalue weighted by molar-refractivity contribution is 6.30. The molecule has 0 heterocycles. The Bertz CT molecular complexity index is 412. The zero-order chi connectivity index (χ0) is 9.80. The van der Waals surface area contributed by atoms with Crippen molar-refractivity contribution in [3.63, 3.8) is 0 Å². The molecular formula is C12H9ClN. The minimum Gasteiger partial charge on any atom is -0.249 e. The van der Waals surface area contributed by atoms with E-state index in [9.17, 15) is 0 Å². The molecule has 2 heteroatoms. The monoisotopic (exact) mass is 202 g/mol. The summed E-state index contributed by atoms with van der Waals surface area (Å²) in [6, 6.07) is 17.3. The van der Waals surface area contributed by atoms with Crippen molar-refractivity contribution in [1.82, 2.24) is 5.32 Å². The molecule has 0 aliphatic rings. The molecule has 0 aliphatic carbocycles. The molecule has 1 radical (unpaired) electrons. The first kappa shape index (κ1) is 9.10. The van der Waals surface area contributed by atoms with Gasteiger partial charge in [-0.05, 0) is 30.3 Å². The second kappa shape index (κ2) is 4.16. The van der Waals surface area contributed by atoms with E-state index in [1.54, 1.807) is 0 Å². The number of benzene rings is 2. The maximum atomic E-state index is 5.85. The van der Waals surface area contributed by atoms with Crippen LogP contribution in [0.5, 0.6) is 0 Å². The van der Waals surface area contributed by atoms with Gasteiger partial charge in [0.15, 0.2) is 0 Å². The van der Waals surface area contributed by atoms with E-state index in [4.69, 9.17) is 11.6 Å². The molecule has 0 fully saturated rings. The van der Waals surface area contributed by atoms with Gasteiger partial charge in [-0.2, -0.15) is 0 Å². The molecular weight excluding hydrogens is 194 g/mol. The molecule has 2 aromatic rings. The van der Waals surface area contributed by atoms with Crippen LogP contribution >= 0.6 is 11.6 Å². The van der Waals surface area contributed by atoms with Gasteiger partial charge in [-0.25, -0.2) is 5.32 Å². The van der Waals surface area contributed by atoms with Crippen molar-refractivity contribution >= 4 is 23.0 Å². The van der Waals surface area contributed by atoms with Gasteiger partial charge >= 0.3 is 0 Å². The Morgan fingerprint density at radius 2 is 1.50 bits per heavy atom. The Morgan fingerprint density at radius 1 is 0.786 bits per heavy atom. The molecule has 0 atom stereocenters. The number of rotatable bonds is 2. The van der Waals surface area contributed by atoms with Crippen LogP contribution in [0.1, 0.15) is 0 Å². The summed E-state index contributed by atoms with van der Waals surface area (Å²) in [5.41, 5.74) is 1.82. The Morgan fingerprint density at radius 3 is 2.21 bits per heavy atom. The van der Waals surface area contributed by atoms with Crippen LogP contribution in [0.2, 0.25) is 5.02 Å². The summed E-state index contributed by atoms with van der Waals surface area (Å²) < 4.78 is 0. The Labute approximate surface area is 88.3 Å². The van der Waals surface area contributed by atoms with Gasteiger partial charge < -0.3 is 0 Å². The van der Waals surface area contributed by atoms with Crippen LogP contribution in [-0.2, 0) is 0 Å². The average Bonchev–Trinajstić information content (AvgIpc) is 2.19. The van der Waals surface area contributed by atoms with Crippen molar-refractivity contribution in [1.29, 1.82) is 0 Å². The Hall–Kier alpha value is -1.47. The third kappa shape index (κ3) is 2.27. The van der Waals surface area contributed by atoms with Gasteiger partial charge in [0.25, 0.3) is 0 Å². The molecule has 1 nitrogen and oxygen atoms in total. The van der Waals surface area contributed by atoms with Crippen LogP contribution in [0.3, 0.4) is 0 Å². The first-order chi connectivity index (χ1) is 6.84. The molecule has 0 aromatic heterocycles. The third-order valence-electron chi connectivity index (χ3n) is 1.82. The zero-order valence-electron chi connectivity index (χ0n) is 7.52. The molecule has 2 rings (SSSR count). The first-order valence-electron chi connectivity index (χ1n) is 4.37. The quantitative estimate of drug-likeness (QED) is 0.701. The lowest BCUT2D eigenvalue weighted by Gasteiger charge is -2.02. The highest BCUT2D eigenvalue weighted by atomic mass is 35.5. The molecule has 0 unspecified atom stereocenters. The highest BCUT2D eigenvalue weighted by Crippen LogP contribution is 2.19. The lowest BCUT2D eigenvalue weighted by molar-refractivity contribution is 1.19. The van der Waals surface area contributed by atoms with E-state index >= 15 is 0 Å². The fraction of sp³-hybridized carbons (Fsp3) is 0. The number of halogens is 1. The van der Waals surface area contributed by atoms with Crippen LogP contribution in [-0.4, -0.2) is 0 Å². The Balaban J connectivity index is 2.19. The van der Waals surface area contributed by atoms with E-state index in [-0.39, 0.29) is 0 Å². The topological polar surface area (TPSA) is 14.1 Å². The van der Waals surface area contributed by atoms with Gasteiger partial charge in [-0.1, -0.05) is 35.9 Å². The van der Waals surface area contributed by atoms with Gasteiger partial charge in [0.05, 0.1) is 11.4 Å². The number of nitrogens with zero attached hydrogens (tertiary/aromatic N) is 1. The predicted molar refractivity (Wildman–Crippen MR) is 59.3 cm³/mol. The summed E-state index contributed by atoms with van der Waals surface area (Å²) >= 11 is 5.85. The van der Waals surface area contributed by atoms with Gasteiger partial charge in [-0.3, -0.25) is 0 Å². The van der Waals surface area contributed by atoms with Crippen molar-refractivity contribution in [2.45, 2.75) is 0 Å². The maximum absolute atomic E-state index is 5.85. The standard InChI is InChI=1S/C12H9ClN/c13-10-5-4-8-12(9-10)14-11-6-2-1-3-7-11/h1-9H. The van der Waals surface area contributed by atoms with Gasteiger partial charge in [-0.15, -0.1) is 0 Å². The summed E-state index contributed by atoms with van der Waals surface area (Å²) in [6.45, 7) is 0. The fourth-order valence-electron chi connectivity index (χ4n) is 1.20. The molecule has 0 N–H and O–H groups in total. The van der Waals surface area contributed by atoms with Crippen LogP contribution in [0.4, 0.5) is 11.4 Å². The summed E-state index contributed by atoms with van der Waals surface area (Å²) in [5.74, 6) is 0. The molecule has 14 heavy (non-hydrogen) atoms. The second-order valence-electron chi connectivity index (χ2n) is 2.93. The minimum absolute atomic E-state index is 0.710. The van der Waals surface area contributed by atoms with E-state index < -0.39 is 0 Å². The number of hydrogen-bond acceptors (Lipinski definition) is 0. The van der Waals surface area contributed by atoms with Crippen LogP contribution in [0, 0.1) is 0 Å². The maximum Gasteiger partial charge on any atom is 0.0651 e. The molecule has 0 amide bonds. The van der Waals surface area contributed by atoms with E-state index in [0.717, 1.165) is 11.4 Å². The van der Waals surface area contributed by atoms with E-state index in [0.29, 0.717) is 5.02 Å². The van der Waals surface area contributed by atoms with E-state index in [1.807, 2.05) is 54.6 Å². The van der Waals surface area contributed by atoms with Crippen molar-refractivity contribution in [3.8, 4) is 0 Å². The van der Waals surface area contributed by atoms with Gasteiger partial charge in [0, 0.05) is 5.02 Å². The van der Waals surface area contributed by atoms with Crippen molar-refractivity contribution < 1.29 is 0 Å². The minimum atomic E-state index is 0.710. The lowest BCUT2D eigenvalue weighted by atomic mass is 10.3. The Kier molecular flexibility index (Phi) is 2.70. The summed E-state index contributed by atoms with van der Waals surface area (Å²) in [4.78, 5) is 0. The summed E-state index contributed by atoms with van der Waals surface area (Å²) in [7, 11) is 0. The van der Waals surface area contributed by atoms with Crippen molar-refractivity contribution in [2.24, 2.45) is 0 Å². The molecule has 0 spiro atoms. The van der Waals surface area contributed by atoms with Crippen molar-refractivity contribution in [2.75, 3.05) is 0 Å². The second-order valence-corrected chi connectivity index (χ2v) is 3.36. The zero-order valence-corrected chi connectivity index (χ0v) is 8.28. The van der Waals surface area contributed by atoms with Gasteiger partial charge in [0.1, 0.15) is 0 Å². The molecule has 0 aliphatic heterocycles. The highest BCUT2D eigenvalue weighted by Gasteiger charge is 1.96. The smallest absolute Gasteiger partial charge is 0.0651 e. The third-order valence-corrected chi connectivity index (χ3v) is 2.06. The normalized spacial score (nSPS) is 9.79. The largest absolute Gasteiger partial charge is 0.249 e. The fourth-order valence-corrected chi connectivity index (χ4v) is 1.38. The van der Waals surface area contributed by atoms with Crippen LogP contribution < -0.4 is 5.32 Å². The SMILES string of the molecule is Clc1cccc([N]c2ccccc2)c1. The molecule has 0 saturated heterocycles. The van der Waals surface area contributed by atoms with Crippen LogP contribution in [0.15, 0.2) is 54.6 Å².